The van der Waals surface area contributed by atoms with Gasteiger partial charge in [-0.3, -0.25) is 4.79 Å². The number of pyridine rings is 1. The van der Waals surface area contributed by atoms with E-state index >= 15 is 0 Å². The number of rotatable bonds is 2. The Labute approximate surface area is 110 Å². The van der Waals surface area contributed by atoms with Crippen LogP contribution in [0.25, 0.3) is 22.0 Å². The molecule has 0 fully saturated rings. The van der Waals surface area contributed by atoms with Gasteiger partial charge in [0.25, 0.3) is 5.91 Å². The molecular formula is C16H12N2O. The molecule has 2 aromatic carbocycles. The van der Waals surface area contributed by atoms with Gasteiger partial charge < -0.3 is 5.73 Å². The molecule has 0 saturated carbocycles. The molecule has 0 spiro atoms. The Morgan fingerprint density at radius 2 is 1.63 bits per heavy atom. The predicted molar refractivity (Wildman–Crippen MR) is 75.7 cm³/mol. The zero-order valence-electron chi connectivity index (χ0n) is 10.2. The van der Waals surface area contributed by atoms with Crippen LogP contribution in [0.2, 0.25) is 0 Å². The number of hydrogen-bond donors (Lipinski definition) is 1. The molecule has 0 radical (unpaired) electrons. The minimum atomic E-state index is -0.510. The van der Waals surface area contributed by atoms with Crippen molar-refractivity contribution in [1.29, 1.82) is 0 Å². The van der Waals surface area contributed by atoms with Crippen molar-refractivity contribution in [2.75, 3.05) is 0 Å². The molecule has 1 heterocycles. The lowest BCUT2D eigenvalue weighted by Gasteiger charge is -2.08. The normalized spacial score (nSPS) is 10.5. The van der Waals surface area contributed by atoms with Crippen LogP contribution in [0.15, 0.2) is 60.7 Å². The molecule has 0 aliphatic rings. The van der Waals surface area contributed by atoms with Crippen LogP contribution in [0.4, 0.5) is 0 Å². The number of hydrogen-bond acceptors (Lipinski definition) is 2. The summed E-state index contributed by atoms with van der Waals surface area (Å²) in [6.07, 6.45) is 0. The summed E-state index contributed by atoms with van der Waals surface area (Å²) in [5, 5.41) is 0.992. The SMILES string of the molecule is NC(=O)c1nc2ccccc2cc1-c1ccccc1. The molecule has 0 aliphatic carbocycles. The first kappa shape index (κ1) is 11.4. The molecule has 2 N–H and O–H groups in total. The molecule has 3 nitrogen and oxygen atoms in total. The number of para-hydroxylation sites is 1. The minimum absolute atomic E-state index is 0.310. The van der Waals surface area contributed by atoms with Crippen LogP contribution in [-0.4, -0.2) is 10.9 Å². The van der Waals surface area contributed by atoms with E-state index in [1.165, 1.54) is 0 Å². The number of nitrogens with zero attached hydrogens (tertiary/aromatic N) is 1. The van der Waals surface area contributed by atoms with Gasteiger partial charge in [-0.25, -0.2) is 4.98 Å². The van der Waals surface area contributed by atoms with Crippen molar-refractivity contribution in [2.45, 2.75) is 0 Å². The van der Waals surface area contributed by atoms with Gasteiger partial charge in [0.1, 0.15) is 5.69 Å². The number of fused-ring (bicyclic) bond motifs is 1. The number of carbonyl (C=O) groups is 1. The van der Waals surface area contributed by atoms with Crippen LogP contribution < -0.4 is 5.73 Å². The van der Waals surface area contributed by atoms with Gasteiger partial charge in [0.2, 0.25) is 0 Å². The maximum absolute atomic E-state index is 11.6. The van der Waals surface area contributed by atoms with Crippen molar-refractivity contribution in [3.8, 4) is 11.1 Å². The van der Waals surface area contributed by atoms with E-state index in [0.29, 0.717) is 5.69 Å². The van der Waals surface area contributed by atoms with Gasteiger partial charge in [0.15, 0.2) is 0 Å². The van der Waals surface area contributed by atoms with E-state index in [1.807, 2.05) is 60.7 Å². The number of nitrogens with two attached hydrogens (primary N) is 1. The summed E-state index contributed by atoms with van der Waals surface area (Å²) in [7, 11) is 0. The lowest BCUT2D eigenvalue weighted by molar-refractivity contribution is 0.0996. The van der Waals surface area contributed by atoms with Gasteiger partial charge in [0.05, 0.1) is 5.52 Å². The Hall–Kier alpha value is -2.68. The van der Waals surface area contributed by atoms with E-state index in [9.17, 15) is 4.79 Å². The summed E-state index contributed by atoms with van der Waals surface area (Å²) in [4.78, 5) is 16.0. The van der Waals surface area contributed by atoms with Gasteiger partial charge in [-0.2, -0.15) is 0 Å². The molecular weight excluding hydrogens is 236 g/mol. The zero-order valence-corrected chi connectivity index (χ0v) is 10.2. The van der Waals surface area contributed by atoms with E-state index in [4.69, 9.17) is 5.73 Å². The maximum atomic E-state index is 11.6. The number of carbonyl (C=O) groups excluding carboxylic acids is 1. The molecule has 3 rings (SSSR count). The first-order valence-electron chi connectivity index (χ1n) is 6.01. The Kier molecular flexibility index (Phi) is 2.72. The van der Waals surface area contributed by atoms with Gasteiger partial charge in [-0.1, -0.05) is 48.5 Å². The number of aromatic nitrogens is 1. The third-order valence-electron chi connectivity index (χ3n) is 3.04. The highest BCUT2D eigenvalue weighted by atomic mass is 16.1. The largest absolute Gasteiger partial charge is 0.364 e. The number of primary amides is 1. The molecule has 0 aliphatic heterocycles. The highest BCUT2D eigenvalue weighted by Crippen LogP contribution is 2.26. The molecule has 0 atom stereocenters. The Morgan fingerprint density at radius 1 is 0.947 bits per heavy atom. The average molecular weight is 248 g/mol. The van der Waals surface area contributed by atoms with Crippen LogP contribution >= 0.6 is 0 Å². The molecule has 1 amide bonds. The predicted octanol–water partition coefficient (Wildman–Crippen LogP) is 3.00. The van der Waals surface area contributed by atoms with Crippen molar-refractivity contribution in [1.82, 2.24) is 4.98 Å². The fraction of sp³-hybridized carbons (Fsp3) is 0. The summed E-state index contributed by atoms with van der Waals surface area (Å²) in [6.45, 7) is 0. The molecule has 1 aromatic heterocycles. The lowest BCUT2D eigenvalue weighted by atomic mass is 10.0. The first-order chi connectivity index (χ1) is 9.25. The van der Waals surface area contributed by atoms with Crippen molar-refractivity contribution < 1.29 is 4.79 Å². The summed E-state index contributed by atoms with van der Waals surface area (Å²) >= 11 is 0. The van der Waals surface area contributed by atoms with Gasteiger partial charge in [-0.05, 0) is 17.7 Å². The Morgan fingerprint density at radius 3 is 2.37 bits per heavy atom. The highest BCUT2D eigenvalue weighted by molar-refractivity contribution is 6.01. The van der Waals surface area contributed by atoms with E-state index < -0.39 is 5.91 Å². The number of amides is 1. The second-order valence-electron chi connectivity index (χ2n) is 4.31. The van der Waals surface area contributed by atoms with Crippen molar-refractivity contribution in [2.24, 2.45) is 5.73 Å². The smallest absolute Gasteiger partial charge is 0.267 e. The van der Waals surface area contributed by atoms with E-state index in [1.54, 1.807) is 0 Å². The third kappa shape index (κ3) is 2.06. The molecule has 0 unspecified atom stereocenters. The van der Waals surface area contributed by atoms with Crippen molar-refractivity contribution in [3.05, 3.63) is 66.4 Å². The van der Waals surface area contributed by atoms with Crippen LogP contribution in [0.5, 0.6) is 0 Å². The lowest BCUT2D eigenvalue weighted by Crippen LogP contribution is -2.14. The molecule has 19 heavy (non-hydrogen) atoms. The summed E-state index contributed by atoms with van der Waals surface area (Å²) in [6, 6.07) is 19.3. The zero-order chi connectivity index (χ0) is 13.2. The summed E-state index contributed by atoms with van der Waals surface area (Å²) in [5.41, 5.74) is 8.24. The number of benzene rings is 2. The quantitative estimate of drug-likeness (QED) is 0.758. The van der Waals surface area contributed by atoms with Gasteiger partial charge in [-0.15, -0.1) is 0 Å². The second-order valence-corrected chi connectivity index (χ2v) is 4.31. The van der Waals surface area contributed by atoms with Crippen molar-refractivity contribution >= 4 is 16.8 Å². The fourth-order valence-electron chi connectivity index (χ4n) is 2.14. The van der Waals surface area contributed by atoms with Crippen LogP contribution in [-0.2, 0) is 0 Å². The van der Waals surface area contributed by atoms with E-state index in [-0.39, 0.29) is 0 Å². The third-order valence-corrected chi connectivity index (χ3v) is 3.04. The van der Waals surface area contributed by atoms with Crippen LogP contribution in [0.1, 0.15) is 10.5 Å². The van der Waals surface area contributed by atoms with Crippen LogP contribution in [0, 0.1) is 0 Å². The highest BCUT2D eigenvalue weighted by Gasteiger charge is 2.13. The molecule has 0 saturated heterocycles. The fourth-order valence-corrected chi connectivity index (χ4v) is 2.14. The summed E-state index contributed by atoms with van der Waals surface area (Å²) in [5.74, 6) is -0.510. The molecule has 3 heteroatoms. The second kappa shape index (κ2) is 4.53. The minimum Gasteiger partial charge on any atom is -0.364 e. The van der Waals surface area contributed by atoms with Crippen molar-refractivity contribution in [3.63, 3.8) is 0 Å². The van der Waals surface area contributed by atoms with Crippen LogP contribution in [0.3, 0.4) is 0 Å². The van der Waals surface area contributed by atoms with E-state index in [2.05, 4.69) is 4.98 Å². The Bertz CT molecular complexity index is 751. The van der Waals surface area contributed by atoms with Gasteiger partial charge >= 0.3 is 0 Å². The maximum Gasteiger partial charge on any atom is 0.267 e. The monoisotopic (exact) mass is 248 g/mol. The molecule has 92 valence electrons. The van der Waals surface area contributed by atoms with E-state index in [0.717, 1.165) is 22.0 Å². The Balaban J connectivity index is 2.33. The topological polar surface area (TPSA) is 56.0 Å². The summed E-state index contributed by atoms with van der Waals surface area (Å²) < 4.78 is 0. The van der Waals surface area contributed by atoms with Gasteiger partial charge in [0, 0.05) is 10.9 Å². The molecule has 3 aromatic rings. The average Bonchev–Trinajstić information content (AvgIpc) is 2.46. The first-order valence-corrected chi connectivity index (χ1v) is 6.01. The standard InChI is InChI=1S/C16H12N2O/c17-16(19)15-13(11-6-2-1-3-7-11)10-12-8-4-5-9-14(12)18-15/h1-10H,(H2,17,19). The molecule has 0 bridgehead atoms.